The zero-order valence-electron chi connectivity index (χ0n) is 6.29. The summed E-state index contributed by atoms with van der Waals surface area (Å²) in [4.78, 5) is 3.99. The first-order valence-electron chi connectivity index (χ1n) is 3.44. The molecule has 0 radical (unpaired) electrons. The molecule has 1 rings (SSSR count). The fourth-order valence-corrected chi connectivity index (χ4v) is 0.697. The van der Waals surface area contributed by atoms with E-state index < -0.39 is 0 Å². The molecule has 1 aromatic heterocycles. The number of rotatable bonds is 2. The largest absolute Gasteiger partial charge is 0.444 e. The molecule has 56 valence electrons. The molecule has 0 saturated heterocycles. The summed E-state index contributed by atoms with van der Waals surface area (Å²) in [5, 5.41) is 0. The van der Waals surface area contributed by atoms with Crippen LogP contribution in [0.1, 0.15) is 31.5 Å². The molecular weight excluding hydrogens is 128 g/mol. The Hall–Kier alpha value is -0.830. The summed E-state index contributed by atoms with van der Waals surface area (Å²) in [5.41, 5.74) is 5.53. The minimum absolute atomic E-state index is 0.0969. The normalized spacial score (nSPS) is 13.5. The molecule has 10 heavy (non-hydrogen) atoms. The van der Waals surface area contributed by atoms with E-state index in [1.54, 1.807) is 6.20 Å². The second-order valence-corrected chi connectivity index (χ2v) is 2.31. The first kappa shape index (κ1) is 7.28. The summed E-state index contributed by atoms with van der Waals surface area (Å²) >= 11 is 0. The predicted molar refractivity (Wildman–Crippen MR) is 38.5 cm³/mol. The van der Waals surface area contributed by atoms with E-state index in [4.69, 9.17) is 10.2 Å². The van der Waals surface area contributed by atoms with Crippen LogP contribution in [0.3, 0.4) is 0 Å². The van der Waals surface area contributed by atoms with Crippen LogP contribution < -0.4 is 5.73 Å². The average molecular weight is 140 g/mol. The Bertz CT molecular complexity index is 205. The maximum Gasteiger partial charge on any atom is 0.210 e. The van der Waals surface area contributed by atoms with E-state index in [0.717, 1.165) is 12.2 Å². The Labute approximate surface area is 60.2 Å². The molecular formula is C7H12N2O. The van der Waals surface area contributed by atoms with Crippen LogP contribution in [0, 0.1) is 0 Å². The minimum Gasteiger partial charge on any atom is -0.444 e. The first-order chi connectivity index (χ1) is 4.74. The van der Waals surface area contributed by atoms with E-state index in [9.17, 15) is 0 Å². The smallest absolute Gasteiger partial charge is 0.210 e. The second-order valence-electron chi connectivity index (χ2n) is 2.31. The number of nitrogens with zero attached hydrogens (tertiary/aromatic N) is 1. The lowest BCUT2D eigenvalue weighted by Gasteiger charge is -1.95. The zero-order valence-corrected chi connectivity index (χ0v) is 6.29. The van der Waals surface area contributed by atoms with Crippen molar-refractivity contribution in [1.29, 1.82) is 0 Å². The Kier molecular flexibility index (Phi) is 2.06. The van der Waals surface area contributed by atoms with Crippen LogP contribution in [0.5, 0.6) is 0 Å². The maximum absolute atomic E-state index is 5.53. The Morgan fingerprint density at radius 1 is 1.80 bits per heavy atom. The highest BCUT2D eigenvalue weighted by Gasteiger charge is 2.05. The van der Waals surface area contributed by atoms with Gasteiger partial charge >= 0.3 is 0 Å². The third-order valence-corrected chi connectivity index (χ3v) is 1.31. The van der Waals surface area contributed by atoms with Gasteiger partial charge in [-0.25, -0.2) is 4.98 Å². The predicted octanol–water partition coefficient (Wildman–Crippen LogP) is 1.26. The van der Waals surface area contributed by atoms with Gasteiger partial charge in [-0.15, -0.1) is 0 Å². The molecule has 3 heteroatoms. The van der Waals surface area contributed by atoms with E-state index in [0.29, 0.717) is 5.89 Å². The van der Waals surface area contributed by atoms with Gasteiger partial charge in [-0.2, -0.15) is 0 Å². The van der Waals surface area contributed by atoms with Gasteiger partial charge in [-0.05, 0) is 6.92 Å². The van der Waals surface area contributed by atoms with Crippen molar-refractivity contribution in [3.8, 4) is 0 Å². The van der Waals surface area contributed by atoms with Crippen LogP contribution in [0.4, 0.5) is 0 Å². The van der Waals surface area contributed by atoms with Crippen molar-refractivity contribution in [2.75, 3.05) is 0 Å². The highest BCUT2D eigenvalue weighted by molar-refractivity contribution is 4.95. The lowest BCUT2D eigenvalue weighted by Crippen LogP contribution is -2.04. The van der Waals surface area contributed by atoms with Gasteiger partial charge in [0.05, 0.1) is 12.2 Å². The fourth-order valence-electron chi connectivity index (χ4n) is 0.697. The van der Waals surface area contributed by atoms with E-state index in [-0.39, 0.29) is 6.04 Å². The lowest BCUT2D eigenvalue weighted by atomic mass is 10.4. The number of hydrogen-bond acceptors (Lipinski definition) is 3. The quantitative estimate of drug-likeness (QED) is 0.672. The topological polar surface area (TPSA) is 52.0 Å². The van der Waals surface area contributed by atoms with E-state index >= 15 is 0 Å². The number of oxazole rings is 1. The van der Waals surface area contributed by atoms with Crippen molar-refractivity contribution in [3.05, 3.63) is 17.8 Å². The van der Waals surface area contributed by atoms with Gasteiger partial charge in [0.1, 0.15) is 5.76 Å². The summed E-state index contributed by atoms with van der Waals surface area (Å²) in [7, 11) is 0. The summed E-state index contributed by atoms with van der Waals surface area (Å²) < 4.78 is 5.26. The third-order valence-electron chi connectivity index (χ3n) is 1.31. The molecule has 0 spiro atoms. The Morgan fingerprint density at radius 2 is 2.50 bits per heavy atom. The molecule has 0 fully saturated rings. The molecule has 0 saturated carbocycles. The second kappa shape index (κ2) is 2.84. The third kappa shape index (κ3) is 1.36. The molecule has 1 aromatic rings. The van der Waals surface area contributed by atoms with Gasteiger partial charge < -0.3 is 10.2 Å². The highest BCUT2D eigenvalue weighted by atomic mass is 16.4. The summed E-state index contributed by atoms with van der Waals surface area (Å²) in [5.74, 6) is 1.52. The summed E-state index contributed by atoms with van der Waals surface area (Å²) in [6.07, 6.45) is 2.60. The average Bonchev–Trinajstić information content (AvgIpc) is 2.34. The van der Waals surface area contributed by atoms with Crippen molar-refractivity contribution >= 4 is 0 Å². The van der Waals surface area contributed by atoms with Gasteiger partial charge in [-0.3, -0.25) is 0 Å². The van der Waals surface area contributed by atoms with Crippen LogP contribution in [0.2, 0.25) is 0 Å². The van der Waals surface area contributed by atoms with Crippen LogP contribution in [0.15, 0.2) is 10.6 Å². The van der Waals surface area contributed by atoms with Crippen LogP contribution >= 0.6 is 0 Å². The van der Waals surface area contributed by atoms with E-state index in [1.165, 1.54) is 0 Å². The van der Waals surface area contributed by atoms with Crippen molar-refractivity contribution in [2.24, 2.45) is 5.73 Å². The monoisotopic (exact) mass is 140 g/mol. The Morgan fingerprint density at radius 3 is 2.80 bits per heavy atom. The van der Waals surface area contributed by atoms with Crippen LogP contribution in [-0.4, -0.2) is 4.98 Å². The Balaban J connectivity index is 2.78. The molecule has 0 aliphatic rings. The SMILES string of the molecule is CCc1cnc(C(C)N)o1. The molecule has 0 aromatic carbocycles. The van der Waals surface area contributed by atoms with Gasteiger partial charge in [0.15, 0.2) is 0 Å². The molecule has 1 atom stereocenters. The zero-order chi connectivity index (χ0) is 7.56. The first-order valence-corrected chi connectivity index (χ1v) is 3.44. The standard InChI is InChI=1S/C7H12N2O/c1-3-6-4-9-7(10-6)5(2)8/h4-5H,3,8H2,1-2H3. The molecule has 1 unspecified atom stereocenters. The van der Waals surface area contributed by atoms with Gasteiger partial charge in [0, 0.05) is 6.42 Å². The van der Waals surface area contributed by atoms with Crippen molar-refractivity contribution < 1.29 is 4.42 Å². The van der Waals surface area contributed by atoms with Gasteiger partial charge in [0.2, 0.25) is 5.89 Å². The lowest BCUT2D eigenvalue weighted by molar-refractivity contribution is 0.434. The van der Waals surface area contributed by atoms with Crippen molar-refractivity contribution in [1.82, 2.24) is 4.98 Å². The molecule has 0 aliphatic heterocycles. The molecule has 2 N–H and O–H groups in total. The van der Waals surface area contributed by atoms with Gasteiger partial charge in [-0.1, -0.05) is 6.92 Å². The van der Waals surface area contributed by atoms with Crippen LogP contribution in [-0.2, 0) is 6.42 Å². The van der Waals surface area contributed by atoms with Gasteiger partial charge in [0.25, 0.3) is 0 Å². The number of nitrogens with two attached hydrogens (primary N) is 1. The molecule has 0 bridgehead atoms. The van der Waals surface area contributed by atoms with E-state index in [2.05, 4.69) is 4.98 Å². The molecule has 0 amide bonds. The number of aryl methyl sites for hydroxylation is 1. The fraction of sp³-hybridized carbons (Fsp3) is 0.571. The van der Waals surface area contributed by atoms with Crippen molar-refractivity contribution in [2.45, 2.75) is 26.3 Å². The molecule has 0 aliphatic carbocycles. The minimum atomic E-state index is -0.0969. The maximum atomic E-state index is 5.53. The van der Waals surface area contributed by atoms with E-state index in [1.807, 2.05) is 13.8 Å². The summed E-state index contributed by atoms with van der Waals surface area (Å²) in [6, 6.07) is -0.0969. The summed E-state index contributed by atoms with van der Waals surface area (Å²) in [6.45, 7) is 3.87. The molecule has 3 nitrogen and oxygen atoms in total. The molecule has 1 heterocycles. The number of hydrogen-bond donors (Lipinski definition) is 1. The van der Waals surface area contributed by atoms with Crippen LogP contribution in [0.25, 0.3) is 0 Å². The van der Waals surface area contributed by atoms with Crippen molar-refractivity contribution in [3.63, 3.8) is 0 Å². The highest BCUT2D eigenvalue weighted by Crippen LogP contribution is 2.09. The number of aromatic nitrogens is 1.